The molecule has 0 aromatic heterocycles. The number of fused-ring (bicyclic) bond motifs is 1. The number of hydrogen-bond acceptors (Lipinski definition) is 7. The molecule has 0 bridgehead atoms. The summed E-state index contributed by atoms with van der Waals surface area (Å²) in [7, 11) is 0. The van der Waals surface area contributed by atoms with Gasteiger partial charge in [-0.25, -0.2) is 4.79 Å². The fraction of sp³-hybridized carbons (Fsp3) is 0.353. The summed E-state index contributed by atoms with van der Waals surface area (Å²) in [5.74, 6) is -0.941. The van der Waals surface area contributed by atoms with Gasteiger partial charge in [0.2, 0.25) is 0 Å². The Kier molecular flexibility index (Phi) is 4.56. The molecule has 1 aliphatic carbocycles. The number of ketones is 1. The highest BCUT2D eigenvalue weighted by Crippen LogP contribution is 2.33. The molecule has 3 atom stereocenters. The van der Waals surface area contributed by atoms with E-state index in [9.17, 15) is 19.5 Å². The van der Waals surface area contributed by atoms with Crippen molar-refractivity contribution in [1.82, 2.24) is 5.32 Å². The lowest BCUT2D eigenvalue weighted by Gasteiger charge is -2.18. The molecule has 8 nitrogen and oxygen atoms in total. The van der Waals surface area contributed by atoms with Crippen LogP contribution in [0.15, 0.2) is 36.0 Å². The molecule has 2 aliphatic rings. The van der Waals surface area contributed by atoms with Gasteiger partial charge >= 0.3 is 6.16 Å². The molecular weight excluding hydrogens is 330 g/mol. The second kappa shape index (κ2) is 6.66. The van der Waals surface area contributed by atoms with Crippen LogP contribution in [-0.2, 0) is 14.3 Å². The maximum atomic E-state index is 12.5. The number of carbonyl (C=O) groups is 3. The van der Waals surface area contributed by atoms with Gasteiger partial charge < -0.3 is 24.6 Å². The van der Waals surface area contributed by atoms with Crippen molar-refractivity contribution >= 4 is 17.8 Å². The molecule has 1 amide bonds. The lowest BCUT2D eigenvalue weighted by Crippen LogP contribution is -2.37. The van der Waals surface area contributed by atoms with Gasteiger partial charge in [-0.3, -0.25) is 9.59 Å². The number of epoxide rings is 1. The van der Waals surface area contributed by atoms with E-state index in [1.165, 1.54) is 12.1 Å². The van der Waals surface area contributed by atoms with Crippen molar-refractivity contribution in [3.63, 3.8) is 0 Å². The minimum atomic E-state index is -1.09. The average Bonchev–Trinajstić information content (AvgIpc) is 3.33. The summed E-state index contributed by atoms with van der Waals surface area (Å²) >= 11 is 0. The lowest BCUT2D eigenvalue weighted by molar-refractivity contribution is -0.116. The van der Waals surface area contributed by atoms with Crippen molar-refractivity contribution in [2.45, 2.75) is 38.3 Å². The van der Waals surface area contributed by atoms with Crippen LogP contribution >= 0.6 is 0 Å². The zero-order chi connectivity index (χ0) is 18.1. The summed E-state index contributed by atoms with van der Waals surface area (Å²) in [5, 5.41) is 12.5. The summed E-state index contributed by atoms with van der Waals surface area (Å²) in [4.78, 5) is 35.8. The van der Waals surface area contributed by atoms with Gasteiger partial charge in [0.15, 0.2) is 5.78 Å². The van der Waals surface area contributed by atoms with Crippen LogP contribution in [0.4, 0.5) is 4.79 Å². The van der Waals surface area contributed by atoms with E-state index in [4.69, 9.17) is 14.2 Å². The van der Waals surface area contributed by atoms with Crippen molar-refractivity contribution in [3.05, 3.63) is 41.6 Å². The van der Waals surface area contributed by atoms with E-state index in [1.54, 1.807) is 26.0 Å². The zero-order valence-electron chi connectivity index (χ0n) is 13.6. The first-order valence-electron chi connectivity index (χ1n) is 7.74. The molecule has 0 saturated carbocycles. The number of hydrogen-bond donors (Lipinski definition) is 2. The van der Waals surface area contributed by atoms with Crippen LogP contribution in [0.5, 0.6) is 5.75 Å². The average molecular weight is 347 g/mol. The zero-order valence-corrected chi connectivity index (χ0v) is 13.6. The van der Waals surface area contributed by atoms with Crippen molar-refractivity contribution in [2.75, 3.05) is 0 Å². The second-order valence-electron chi connectivity index (χ2n) is 5.94. The van der Waals surface area contributed by atoms with Crippen molar-refractivity contribution in [1.29, 1.82) is 0 Å². The number of aliphatic hydroxyl groups is 1. The van der Waals surface area contributed by atoms with Crippen LogP contribution < -0.4 is 10.1 Å². The van der Waals surface area contributed by atoms with E-state index < -0.39 is 30.4 Å². The number of benzene rings is 1. The predicted octanol–water partition coefficient (Wildman–Crippen LogP) is 0.935. The number of para-hydroxylation sites is 1. The van der Waals surface area contributed by atoms with Crippen molar-refractivity contribution < 1.29 is 33.7 Å². The van der Waals surface area contributed by atoms with Gasteiger partial charge in [-0.2, -0.15) is 0 Å². The first kappa shape index (κ1) is 17.1. The standard InChI is InChI=1S/C17H17NO7/c1-8(2)23-17(22)24-12-6-4-3-5-9(12)16(21)18-10-7-11(19)14-15(25-14)13(10)20/h3-8,13-15,20H,1-2H3,(H,18,21). The van der Waals surface area contributed by atoms with Crippen LogP contribution in [0.1, 0.15) is 24.2 Å². The monoisotopic (exact) mass is 347 g/mol. The van der Waals surface area contributed by atoms with E-state index in [1.807, 2.05) is 0 Å². The Morgan fingerprint density at radius 3 is 2.72 bits per heavy atom. The largest absolute Gasteiger partial charge is 0.514 e. The van der Waals surface area contributed by atoms with E-state index in [-0.39, 0.29) is 28.9 Å². The Bertz CT molecular complexity index is 755. The van der Waals surface area contributed by atoms with Crippen LogP contribution in [0.25, 0.3) is 0 Å². The third-order valence-electron chi connectivity index (χ3n) is 3.65. The van der Waals surface area contributed by atoms with Gasteiger partial charge in [0, 0.05) is 6.08 Å². The first-order chi connectivity index (χ1) is 11.9. The first-order valence-corrected chi connectivity index (χ1v) is 7.74. The molecule has 8 heteroatoms. The lowest BCUT2D eigenvalue weighted by atomic mass is 10.0. The van der Waals surface area contributed by atoms with Crippen LogP contribution in [0, 0.1) is 0 Å². The predicted molar refractivity (Wildman–Crippen MR) is 83.9 cm³/mol. The SMILES string of the molecule is CC(C)OC(=O)Oc1ccccc1C(=O)NC1=CC(=O)C2OC2C1O. The Balaban J connectivity index is 1.74. The van der Waals surface area contributed by atoms with Crippen LogP contribution in [-0.4, -0.2) is 47.4 Å². The highest BCUT2D eigenvalue weighted by Gasteiger charge is 2.53. The van der Waals surface area contributed by atoms with E-state index in [0.717, 1.165) is 6.08 Å². The molecule has 3 unspecified atom stereocenters. The number of ether oxygens (including phenoxy) is 3. The highest BCUT2D eigenvalue weighted by molar-refractivity contribution is 6.02. The molecular formula is C17H17NO7. The minimum Gasteiger partial charge on any atom is -0.431 e. The third-order valence-corrected chi connectivity index (χ3v) is 3.65. The molecule has 1 saturated heterocycles. The number of aliphatic hydroxyl groups excluding tert-OH is 1. The number of amides is 1. The molecule has 1 aromatic carbocycles. The summed E-state index contributed by atoms with van der Waals surface area (Å²) in [6.07, 6.45) is -2.50. The fourth-order valence-corrected chi connectivity index (χ4v) is 2.45. The molecule has 3 rings (SSSR count). The van der Waals surface area contributed by atoms with Crippen LogP contribution in [0.2, 0.25) is 0 Å². The molecule has 2 N–H and O–H groups in total. The van der Waals surface area contributed by atoms with Gasteiger partial charge in [-0.05, 0) is 26.0 Å². The smallest absolute Gasteiger partial charge is 0.431 e. The van der Waals surface area contributed by atoms with E-state index >= 15 is 0 Å². The molecule has 1 aliphatic heterocycles. The van der Waals surface area contributed by atoms with E-state index in [0.29, 0.717) is 0 Å². The topological polar surface area (TPSA) is 114 Å². The number of rotatable bonds is 4. The van der Waals surface area contributed by atoms with Crippen LogP contribution in [0.3, 0.4) is 0 Å². The quantitative estimate of drug-likeness (QED) is 0.473. The normalized spacial score (nSPS) is 24.2. The second-order valence-corrected chi connectivity index (χ2v) is 5.94. The minimum absolute atomic E-state index is 0.00317. The number of carbonyl (C=O) groups excluding carboxylic acids is 3. The van der Waals surface area contributed by atoms with Gasteiger partial charge in [0.25, 0.3) is 5.91 Å². The molecule has 132 valence electrons. The van der Waals surface area contributed by atoms with Gasteiger partial charge in [-0.15, -0.1) is 0 Å². The highest BCUT2D eigenvalue weighted by atomic mass is 16.7. The number of nitrogens with one attached hydrogen (secondary N) is 1. The summed E-state index contributed by atoms with van der Waals surface area (Å²) in [6, 6.07) is 6.07. The van der Waals surface area contributed by atoms with Gasteiger partial charge in [0.05, 0.1) is 17.4 Å². The molecule has 1 heterocycles. The van der Waals surface area contributed by atoms with Gasteiger partial charge in [0.1, 0.15) is 24.1 Å². The molecule has 0 radical (unpaired) electrons. The Hall–Kier alpha value is -2.71. The summed E-state index contributed by atoms with van der Waals surface area (Å²) < 4.78 is 15.0. The maximum Gasteiger partial charge on any atom is 0.514 e. The summed E-state index contributed by atoms with van der Waals surface area (Å²) in [5.41, 5.74) is 0.107. The van der Waals surface area contributed by atoms with Crippen molar-refractivity contribution in [2.24, 2.45) is 0 Å². The third kappa shape index (κ3) is 3.70. The Morgan fingerprint density at radius 2 is 2.00 bits per heavy atom. The molecule has 1 fully saturated rings. The molecule has 1 aromatic rings. The Morgan fingerprint density at radius 1 is 1.28 bits per heavy atom. The maximum absolute atomic E-state index is 12.5. The molecule has 0 spiro atoms. The van der Waals surface area contributed by atoms with E-state index in [2.05, 4.69) is 5.32 Å². The molecule has 25 heavy (non-hydrogen) atoms. The van der Waals surface area contributed by atoms with Gasteiger partial charge in [-0.1, -0.05) is 12.1 Å². The van der Waals surface area contributed by atoms with Crippen molar-refractivity contribution in [3.8, 4) is 5.75 Å². The Labute approximate surface area is 143 Å². The fourth-order valence-electron chi connectivity index (χ4n) is 2.45. The summed E-state index contributed by atoms with van der Waals surface area (Å²) in [6.45, 7) is 3.34.